The number of hydrogen-bond acceptors (Lipinski definition) is 3. The number of benzene rings is 2. The molecule has 88 valence electrons. The molecular formula is C14H16N2O. The summed E-state index contributed by atoms with van der Waals surface area (Å²) in [5, 5.41) is 6.14. The highest BCUT2D eigenvalue weighted by Gasteiger charge is 1.97. The maximum Gasteiger partial charge on any atom is 0.127 e. The fraction of sp³-hybridized carbons (Fsp3) is 0.143. The first-order valence-corrected chi connectivity index (χ1v) is 5.55. The zero-order chi connectivity index (χ0) is 12.1. The van der Waals surface area contributed by atoms with Gasteiger partial charge < -0.3 is 15.4 Å². The van der Waals surface area contributed by atoms with E-state index < -0.39 is 0 Å². The molecule has 0 atom stereocenters. The largest absolute Gasteiger partial charge is 0.457 e. The lowest BCUT2D eigenvalue weighted by atomic mass is 10.3. The average molecular weight is 228 g/mol. The quantitative estimate of drug-likeness (QED) is 0.839. The van der Waals surface area contributed by atoms with Crippen molar-refractivity contribution in [2.45, 2.75) is 0 Å². The van der Waals surface area contributed by atoms with E-state index in [1.165, 1.54) is 0 Å². The maximum atomic E-state index is 5.72. The Morgan fingerprint density at radius 1 is 0.647 bits per heavy atom. The van der Waals surface area contributed by atoms with Crippen LogP contribution in [0.1, 0.15) is 0 Å². The first kappa shape index (κ1) is 11.3. The molecule has 3 heteroatoms. The lowest BCUT2D eigenvalue weighted by molar-refractivity contribution is 0.483. The molecule has 2 N–H and O–H groups in total. The monoisotopic (exact) mass is 228 g/mol. The predicted molar refractivity (Wildman–Crippen MR) is 72.1 cm³/mol. The van der Waals surface area contributed by atoms with Gasteiger partial charge in [0.15, 0.2) is 0 Å². The Labute approximate surface area is 101 Å². The Balaban J connectivity index is 2.08. The predicted octanol–water partition coefficient (Wildman–Crippen LogP) is 3.56. The van der Waals surface area contributed by atoms with Crippen LogP contribution in [0.4, 0.5) is 11.4 Å². The summed E-state index contributed by atoms with van der Waals surface area (Å²) in [5.74, 6) is 1.67. The lowest BCUT2D eigenvalue weighted by Crippen LogP contribution is -1.89. The van der Waals surface area contributed by atoms with E-state index in [9.17, 15) is 0 Å². The van der Waals surface area contributed by atoms with Crippen LogP contribution in [0.15, 0.2) is 48.5 Å². The van der Waals surface area contributed by atoms with Gasteiger partial charge in [-0.25, -0.2) is 0 Å². The summed E-state index contributed by atoms with van der Waals surface area (Å²) in [5.41, 5.74) is 2.14. The average Bonchev–Trinajstić information content (AvgIpc) is 2.40. The van der Waals surface area contributed by atoms with Gasteiger partial charge in [0, 0.05) is 25.5 Å². The molecule has 0 aliphatic rings. The Hall–Kier alpha value is -2.16. The van der Waals surface area contributed by atoms with Gasteiger partial charge in [-0.05, 0) is 48.5 Å². The van der Waals surface area contributed by atoms with Crippen molar-refractivity contribution < 1.29 is 4.74 Å². The Morgan fingerprint density at radius 2 is 1.00 bits per heavy atom. The Kier molecular flexibility index (Phi) is 3.50. The number of hydrogen-bond donors (Lipinski definition) is 2. The van der Waals surface area contributed by atoms with Crippen LogP contribution >= 0.6 is 0 Å². The summed E-state index contributed by atoms with van der Waals surface area (Å²) in [4.78, 5) is 0. The van der Waals surface area contributed by atoms with Crippen molar-refractivity contribution in [1.82, 2.24) is 0 Å². The van der Waals surface area contributed by atoms with Gasteiger partial charge in [-0.3, -0.25) is 0 Å². The van der Waals surface area contributed by atoms with Crippen LogP contribution in [0.5, 0.6) is 11.5 Å². The summed E-state index contributed by atoms with van der Waals surface area (Å²) in [7, 11) is 3.79. The van der Waals surface area contributed by atoms with Gasteiger partial charge in [-0.1, -0.05) is 0 Å². The van der Waals surface area contributed by atoms with E-state index >= 15 is 0 Å². The molecule has 0 heterocycles. The minimum Gasteiger partial charge on any atom is -0.457 e. The van der Waals surface area contributed by atoms with Crippen LogP contribution in [0.2, 0.25) is 0 Å². The van der Waals surface area contributed by atoms with Crippen LogP contribution in [0, 0.1) is 0 Å². The number of ether oxygens (including phenoxy) is 1. The fourth-order valence-corrected chi connectivity index (χ4v) is 1.52. The molecule has 17 heavy (non-hydrogen) atoms. The maximum absolute atomic E-state index is 5.72. The molecule has 2 aromatic carbocycles. The van der Waals surface area contributed by atoms with Crippen LogP contribution in [-0.4, -0.2) is 14.1 Å². The SMILES string of the molecule is CNc1ccc(Oc2ccc(NC)cc2)cc1. The smallest absolute Gasteiger partial charge is 0.127 e. The summed E-state index contributed by atoms with van der Waals surface area (Å²) in [6, 6.07) is 15.7. The third-order valence-electron chi connectivity index (χ3n) is 2.52. The first-order valence-electron chi connectivity index (χ1n) is 5.55. The Morgan fingerprint density at radius 3 is 1.29 bits per heavy atom. The van der Waals surface area contributed by atoms with E-state index in [4.69, 9.17) is 4.74 Å². The minimum absolute atomic E-state index is 0.834. The second kappa shape index (κ2) is 5.25. The number of rotatable bonds is 4. The summed E-state index contributed by atoms with van der Waals surface area (Å²) in [6.07, 6.45) is 0. The molecule has 0 radical (unpaired) electrons. The van der Waals surface area contributed by atoms with Crippen molar-refractivity contribution in [1.29, 1.82) is 0 Å². The summed E-state index contributed by atoms with van der Waals surface area (Å²) in [6.45, 7) is 0. The standard InChI is InChI=1S/C14H16N2O/c1-15-11-3-7-13(8-4-11)17-14-9-5-12(16-2)6-10-14/h3-10,15-16H,1-2H3. The van der Waals surface area contributed by atoms with E-state index in [-0.39, 0.29) is 0 Å². The highest BCUT2D eigenvalue weighted by atomic mass is 16.5. The third kappa shape index (κ3) is 2.91. The molecule has 0 aliphatic heterocycles. The van der Waals surface area contributed by atoms with Gasteiger partial charge in [0.25, 0.3) is 0 Å². The first-order chi connectivity index (χ1) is 8.31. The second-order valence-electron chi connectivity index (χ2n) is 3.65. The molecular weight excluding hydrogens is 212 g/mol. The Bertz CT molecular complexity index is 417. The summed E-state index contributed by atoms with van der Waals surface area (Å²) >= 11 is 0. The molecule has 0 saturated heterocycles. The molecule has 0 unspecified atom stereocenters. The topological polar surface area (TPSA) is 33.3 Å². The third-order valence-corrected chi connectivity index (χ3v) is 2.52. The van der Waals surface area contributed by atoms with E-state index in [0.29, 0.717) is 0 Å². The molecule has 0 aliphatic carbocycles. The van der Waals surface area contributed by atoms with E-state index in [2.05, 4.69) is 10.6 Å². The molecule has 0 fully saturated rings. The van der Waals surface area contributed by atoms with Gasteiger partial charge in [0.1, 0.15) is 11.5 Å². The van der Waals surface area contributed by atoms with Crippen LogP contribution < -0.4 is 15.4 Å². The zero-order valence-electron chi connectivity index (χ0n) is 10.0. The molecule has 0 spiro atoms. The van der Waals surface area contributed by atoms with Crippen molar-refractivity contribution in [3.05, 3.63) is 48.5 Å². The highest BCUT2D eigenvalue weighted by Crippen LogP contribution is 2.24. The molecule has 0 aromatic heterocycles. The molecule has 2 aromatic rings. The van der Waals surface area contributed by atoms with Gasteiger partial charge in [0.2, 0.25) is 0 Å². The van der Waals surface area contributed by atoms with E-state index in [1.807, 2.05) is 62.6 Å². The van der Waals surface area contributed by atoms with Crippen molar-refractivity contribution in [3.8, 4) is 11.5 Å². The fourth-order valence-electron chi connectivity index (χ4n) is 1.52. The van der Waals surface area contributed by atoms with Crippen molar-refractivity contribution in [2.75, 3.05) is 24.7 Å². The van der Waals surface area contributed by atoms with Crippen LogP contribution in [0.25, 0.3) is 0 Å². The highest BCUT2D eigenvalue weighted by molar-refractivity contribution is 5.48. The molecule has 3 nitrogen and oxygen atoms in total. The van der Waals surface area contributed by atoms with Gasteiger partial charge >= 0.3 is 0 Å². The van der Waals surface area contributed by atoms with Crippen molar-refractivity contribution in [3.63, 3.8) is 0 Å². The van der Waals surface area contributed by atoms with Gasteiger partial charge in [0.05, 0.1) is 0 Å². The second-order valence-corrected chi connectivity index (χ2v) is 3.65. The lowest BCUT2D eigenvalue weighted by Gasteiger charge is -2.07. The number of nitrogens with one attached hydrogen (secondary N) is 2. The molecule has 2 rings (SSSR count). The molecule has 0 amide bonds. The van der Waals surface area contributed by atoms with Crippen molar-refractivity contribution >= 4 is 11.4 Å². The summed E-state index contributed by atoms with van der Waals surface area (Å²) < 4.78 is 5.72. The van der Waals surface area contributed by atoms with Crippen LogP contribution in [0.3, 0.4) is 0 Å². The minimum atomic E-state index is 0.834. The van der Waals surface area contributed by atoms with Crippen LogP contribution in [-0.2, 0) is 0 Å². The van der Waals surface area contributed by atoms with E-state index in [1.54, 1.807) is 0 Å². The zero-order valence-corrected chi connectivity index (χ0v) is 10.0. The van der Waals surface area contributed by atoms with Gasteiger partial charge in [-0.2, -0.15) is 0 Å². The van der Waals surface area contributed by atoms with Gasteiger partial charge in [-0.15, -0.1) is 0 Å². The molecule has 0 saturated carbocycles. The molecule has 0 bridgehead atoms. The normalized spacial score (nSPS) is 9.76. The van der Waals surface area contributed by atoms with Crippen molar-refractivity contribution in [2.24, 2.45) is 0 Å². The van der Waals surface area contributed by atoms with E-state index in [0.717, 1.165) is 22.9 Å². The number of anilines is 2.